The van der Waals surface area contributed by atoms with Gasteiger partial charge in [-0.05, 0) is 30.2 Å². The quantitative estimate of drug-likeness (QED) is 0.457. The number of hydrogen-bond donors (Lipinski definition) is 0. The Morgan fingerprint density at radius 3 is 2.56 bits per heavy atom. The predicted molar refractivity (Wildman–Crippen MR) is 46.7 cm³/mol. The lowest BCUT2D eigenvalue weighted by molar-refractivity contribution is 0.760. The first-order chi connectivity index (χ1) is 4.27. The van der Waals surface area contributed by atoms with E-state index in [4.69, 9.17) is 0 Å². The topological polar surface area (TPSA) is 0 Å². The third-order valence-corrected chi connectivity index (χ3v) is 1.50. The second-order valence-corrected chi connectivity index (χ2v) is 3.17. The summed E-state index contributed by atoms with van der Waals surface area (Å²) in [6.07, 6.45) is 6.62. The molecule has 0 saturated heterocycles. The van der Waals surface area contributed by atoms with Crippen molar-refractivity contribution in [2.24, 2.45) is 0 Å². The largest absolute Gasteiger partial charge is 0.103 e. The molecule has 1 heteroatoms. The Hall–Kier alpha value is -0.0400. The van der Waals surface area contributed by atoms with E-state index in [0.29, 0.717) is 0 Å². The Balaban J connectivity index is 2.91. The lowest BCUT2D eigenvalue weighted by Crippen LogP contribution is -1.73. The summed E-state index contributed by atoms with van der Waals surface area (Å²) in [6, 6.07) is 0. The van der Waals surface area contributed by atoms with Crippen molar-refractivity contribution in [1.29, 1.82) is 0 Å². The highest BCUT2D eigenvalue weighted by Gasteiger charge is 1.86. The Bertz CT molecular complexity index is 94.7. The van der Waals surface area contributed by atoms with E-state index in [9.17, 15) is 0 Å². The summed E-state index contributed by atoms with van der Waals surface area (Å²) in [6.45, 7) is 7.39. The van der Waals surface area contributed by atoms with Crippen LogP contribution in [-0.4, -0.2) is 0 Å². The van der Waals surface area contributed by atoms with Crippen molar-refractivity contribution in [2.45, 2.75) is 25.7 Å². The first kappa shape index (κ1) is 8.96. The number of rotatable bonds is 5. The first-order valence-electron chi connectivity index (χ1n) is 3.21. The van der Waals surface area contributed by atoms with Gasteiger partial charge in [0.05, 0.1) is 0 Å². The minimum atomic E-state index is 1.09. The molecule has 0 unspecified atom stereocenters. The van der Waals surface area contributed by atoms with Crippen molar-refractivity contribution in [3.63, 3.8) is 0 Å². The zero-order valence-corrected chi connectivity index (χ0v) is 7.28. The molecule has 0 rings (SSSR count). The van der Waals surface area contributed by atoms with Gasteiger partial charge in [0.25, 0.3) is 0 Å². The van der Waals surface area contributed by atoms with Crippen LogP contribution < -0.4 is 0 Å². The minimum absolute atomic E-state index is 1.09. The lowest BCUT2D eigenvalue weighted by atomic mass is 10.2. The first-order valence-corrected chi connectivity index (χ1v) is 4.01. The van der Waals surface area contributed by atoms with Crippen LogP contribution in [0.25, 0.3) is 0 Å². The molecule has 0 aliphatic rings. The summed E-state index contributed by atoms with van der Waals surface area (Å²) in [7, 11) is 0. The van der Waals surface area contributed by atoms with Gasteiger partial charge in [-0.25, -0.2) is 0 Å². The highest BCUT2D eigenvalue weighted by atomic mass is 79.9. The van der Waals surface area contributed by atoms with Gasteiger partial charge in [-0.3, -0.25) is 0 Å². The van der Waals surface area contributed by atoms with E-state index in [1.165, 1.54) is 12.8 Å². The summed E-state index contributed by atoms with van der Waals surface area (Å²) >= 11 is 3.31. The van der Waals surface area contributed by atoms with Gasteiger partial charge in [-0.1, -0.05) is 28.6 Å². The Kier molecular flexibility index (Phi) is 6.06. The Morgan fingerprint density at radius 1 is 1.44 bits per heavy atom. The van der Waals surface area contributed by atoms with Crippen LogP contribution in [0.1, 0.15) is 25.7 Å². The summed E-state index contributed by atoms with van der Waals surface area (Å²) in [4.78, 5) is 0. The standard InChI is InChI=1S/C8H13Br/c1-3-4-5-6-7-8(2)9/h3H,1-2,4-7H2. The van der Waals surface area contributed by atoms with Gasteiger partial charge in [-0.2, -0.15) is 0 Å². The van der Waals surface area contributed by atoms with E-state index >= 15 is 0 Å². The molecule has 0 fully saturated rings. The van der Waals surface area contributed by atoms with Crippen LogP contribution in [0.3, 0.4) is 0 Å². The fourth-order valence-corrected chi connectivity index (χ4v) is 0.886. The molecule has 52 valence electrons. The number of hydrogen-bond acceptors (Lipinski definition) is 0. The van der Waals surface area contributed by atoms with E-state index in [1.807, 2.05) is 6.08 Å². The Labute approximate surface area is 65.8 Å². The number of allylic oxidation sites excluding steroid dienone is 2. The van der Waals surface area contributed by atoms with E-state index < -0.39 is 0 Å². The van der Waals surface area contributed by atoms with Crippen molar-refractivity contribution in [1.82, 2.24) is 0 Å². The van der Waals surface area contributed by atoms with Crippen molar-refractivity contribution in [3.05, 3.63) is 23.7 Å². The van der Waals surface area contributed by atoms with Crippen LogP contribution in [-0.2, 0) is 0 Å². The van der Waals surface area contributed by atoms with Crippen molar-refractivity contribution >= 4 is 15.9 Å². The van der Waals surface area contributed by atoms with Crippen LogP contribution in [0.5, 0.6) is 0 Å². The normalized spacial score (nSPS) is 9.00. The molecular weight excluding hydrogens is 176 g/mol. The van der Waals surface area contributed by atoms with Crippen LogP contribution in [0.4, 0.5) is 0 Å². The lowest BCUT2D eigenvalue weighted by Gasteiger charge is -1.94. The molecule has 0 bridgehead atoms. The molecule has 0 heterocycles. The predicted octanol–water partition coefficient (Wildman–Crippen LogP) is 3.64. The van der Waals surface area contributed by atoms with Crippen LogP contribution in [0, 0.1) is 0 Å². The average molecular weight is 189 g/mol. The summed E-state index contributed by atoms with van der Waals surface area (Å²) < 4.78 is 1.10. The zero-order chi connectivity index (χ0) is 7.11. The van der Waals surface area contributed by atoms with Gasteiger partial charge in [0, 0.05) is 0 Å². The van der Waals surface area contributed by atoms with E-state index in [-0.39, 0.29) is 0 Å². The molecule has 0 aliphatic heterocycles. The molecule has 0 atom stereocenters. The third kappa shape index (κ3) is 7.96. The molecule has 0 aromatic heterocycles. The van der Waals surface area contributed by atoms with Gasteiger partial charge < -0.3 is 0 Å². The van der Waals surface area contributed by atoms with Crippen molar-refractivity contribution in [3.8, 4) is 0 Å². The molecule has 0 aromatic carbocycles. The Morgan fingerprint density at radius 2 is 2.11 bits per heavy atom. The fraction of sp³-hybridized carbons (Fsp3) is 0.500. The molecule has 0 amide bonds. The van der Waals surface area contributed by atoms with Crippen molar-refractivity contribution < 1.29 is 0 Å². The fourth-order valence-electron chi connectivity index (χ4n) is 0.605. The number of unbranched alkanes of at least 4 members (excludes halogenated alkanes) is 2. The second kappa shape index (κ2) is 6.09. The van der Waals surface area contributed by atoms with Gasteiger partial charge in [0.1, 0.15) is 0 Å². The summed E-state index contributed by atoms with van der Waals surface area (Å²) in [5, 5.41) is 0. The van der Waals surface area contributed by atoms with Gasteiger partial charge in [0.2, 0.25) is 0 Å². The summed E-state index contributed by atoms with van der Waals surface area (Å²) in [5.74, 6) is 0. The zero-order valence-electron chi connectivity index (χ0n) is 5.70. The average Bonchev–Trinajstić information content (AvgIpc) is 1.80. The van der Waals surface area contributed by atoms with E-state index in [0.717, 1.165) is 17.3 Å². The van der Waals surface area contributed by atoms with Crippen LogP contribution in [0.15, 0.2) is 23.7 Å². The monoisotopic (exact) mass is 188 g/mol. The van der Waals surface area contributed by atoms with Crippen LogP contribution >= 0.6 is 15.9 Å². The second-order valence-electron chi connectivity index (χ2n) is 2.05. The molecular formula is C8H13Br. The molecule has 0 saturated carbocycles. The third-order valence-electron chi connectivity index (χ3n) is 1.11. The maximum absolute atomic E-state index is 3.74. The van der Waals surface area contributed by atoms with Crippen molar-refractivity contribution in [2.75, 3.05) is 0 Å². The highest BCUT2D eigenvalue weighted by molar-refractivity contribution is 9.11. The molecule has 0 radical (unpaired) electrons. The molecule has 0 aromatic rings. The molecule has 0 N–H and O–H groups in total. The molecule has 0 aliphatic carbocycles. The SMILES string of the molecule is C=CCCCCC(=C)Br. The number of halogens is 1. The maximum atomic E-state index is 3.74. The van der Waals surface area contributed by atoms with Gasteiger partial charge >= 0.3 is 0 Å². The van der Waals surface area contributed by atoms with E-state index in [2.05, 4.69) is 29.1 Å². The molecule has 0 nitrogen and oxygen atoms in total. The minimum Gasteiger partial charge on any atom is -0.103 e. The molecule has 9 heavy (non-hydrogen) atoms. The maximum Gasteiger partial charge on any atom is -0.0121 e. The summed E-state index contributed by atoms with van der Waals surface area (Å²) in [5.41, 5.74) is 0. The highest BCUT2D eigenvalue weighted by Crippen LogP contribution is 2.11. The van der Waals surface area contributed by atoms with E-state index in [1.54, 1.807) is 0 Å². The smallest absolute Gasteiger partial charge is 0.0121 e. The van der Waals surface area contributed by atoms with Gasteiger partial charge in [0.15, 0.2) is 0 Å². The molecule has 0 spiro atoms. The van der Waals surface area contributed by atoms with Crippen LogP contribution in [0.2, 0.25) is 0 Å². The van der Waals surface area contributed by atoms with Gasteiger partial charge in [-0.15, -0.1) is 6.58 Å².